The number of benzene rings is 1. The number of thiazole rings is 1. The van der Waals surface area contributed by atoms with Crippen molar-refractivity contribution in [2.24, 2.45) is 11.1 Å². The van der Waals surface area contributed by atoms with Crippen molar-refractivity contribution in [2.75, 3.05) is 0 Å². The Kier molecular flexibility index (Phi) is 3.47. The summed E-state index contributed by atoms with van der Waals surface area (Å²) in [6.07, 6.45) is 1.90. The minimum atomic E-state index is -0.264. The van der Waals surface area contributed by atoms with Crippen LogP contribution in [0.1, 0.15) is 36.9 Å². The summed E-state index contributed by atoms with van der Waals surface area (Å²) in [5.41, 5.74) is 8.34. The first-order valence-electron chi connectivity index (χ1n) is 6.56. The zero-order valence-corrected chi connectivity index (χ0v) is 13.8. The third-order valence-electron chi connectivity index (χ3n) is 3.65. The van der Waals surface area contributed by atoms with Crippen LogP contribution in [0.3, 0.4) is 0 Å². The van der Waals surface area contributed by atoms with Gasteiger partial charge in [0.25, 0.3) is 0 Å². The lowest BCUT2D eigenvalue weighted by Crippen LogP contribution is -2.28. The molecule has 0 saturated heterocycles. The molecule has 0 spiro atoms. The molecule has 1 atom stereocenters. The Morgan fingerprint density at radius 1 is 1.45 bits per heavy atom. The van der Waals surface area contributed by atoms with Crippen molar-refractivity contribution >= 4 is 27.3 Å². The summed E-state index contributed by atoms with van der Waals surface area (Å²) < 4.78 is 14.1. The smallest absolute Gasteiger partial charge is 0.138 e. The van der Waals surface area contributed by atoms with Crippen molar-refractivity contribution in [3.8, 4) is 10.6 Å². The molecule has 1 aromatic heterocycles. The van der Waals surface area contributed by atoms with Crippen LogP contribution >= 0.6 is 27.3 Å². The maximum atomic E-state index is 13.7. The number of hydrogen-bond acceptors (Lipinski definition) is 3. The average Bonchev–Trinajstić information content (AvgIpc) is 2.75. The van der Waals surface area contributed by atoms with Gasteiger partial charge in [-0.15, -0.1) is 11.3 Å². The maximum Gasteiger partial charge on any atom is 0.138 e. The van der Waals surface area contributed by atoms with Gasteiger partial charge in [-0.2, -0.15) is 0 Å². The number of nitrogens with zero attached hydrogens (tertiary/aromatic N) is 1. The molecule has 20 heavy (non-hydrogen) atoms. The highest BCUT2D eigenvalue weighted by atomic mass is 79.9. The van der Waals surface area contributed by atoms with E-state index in [1.165, 1.54) is 6.07 Å². The Balaban J connectivity index is 2.03. The number of nitrogens with two attached hydrogens (primary N) is 1. The van der Waals surface area contributed by atoms with Crippen molar-refractivity contribution < 1.29 is 4.39 Å². The standard InChI is InChI=1S/C15H16BrFN2S/c1-15(2)6-11(18)13-12(7-15)19-14(20-13)8-3-4-9(16)10(17)5-8/h3-5,11H,6-7,18H2,1-2H3. The Morgan fingerprint density at radius 2 is 2.20 bits per heavy atom. The second-order valence-corrected chi connectivity index (χ2v) is 8.00. The molecule has 0 amide bonds. The van der Waals surface area contributed by atoms with Gasteiger partial charge in [-0.05, 0) is 46.3 Å². The molecule has 0 radical (unpaired) electrons. The monoisotopic (exact) mass is 354 g/mol. The fourth-order valence-corrected chi connectivity index (χ4v) is 4.07. The summed E-state index contributed by atoms with van der Waals surface area (Å²) in [6, 6.07) is 5.16. The first-order chi connectivity index (χ1) is 9.35. The van der Waals surface area contributed by atoms with Crippen molar-refractivity contribution in [2.45, 2.75) is 32.7 Å². The normalized spacial score (nSPS) is 20.8. The quantitative estimate of drug-likeness (QED) is 0.806. The molecule has 106 valence electrons. The van der Waals surface area contributed by atoms with Gasteiger partial charge in [0.2, 0.25) is 0 Å². The van der Waals surface area contributed by atoms with Gasteiger partial charge in [0.05, 0.1) is 10.2 Å². The Hall–Kier alpha value is -0.780. The lowest BCUT2D eigenvalue weighted by Gasteiger charge is -2.32. The van der Waals surface area contributed by atoms with E-state index in [9.17, 15) is 4.39 Å². The molecular weight excluding hydrogens is 339 g/mol. The Bertz CT molecular complexity index is 666. The van der Waals surface area contributed by atoms with Gasteiger partial charge >= 0.3 is 0 Å². The molecule has 0 bridgehead atoms. The lowest BCUT2D eigenvalue weighted by atomic mass is 9.77. The molecule has 1 heterocycles. The minimum absolute atomic E-state index is 0.0419. The summed E-state index contributed by atoms with van der Waals surface area (Å²) in [7, 11) is 0. The van der Waals surface area contributed by atoms with Crippen LogP contribution in [0, 0.1) is 11.2 Å². The molecule has 5 heteroatoms. The van der Waals surface area contributed by atoms with E-state index in [0.717, 1.165) is 34.0 Å². The number of rotatable bonds is 1. The van der Waals surface area contributed by atoms with Crippen LogP contribution in [0.25, 0.3) is 10.6 Å². The second kappa shape index (κ2) is 4.90. The molecule has 1 aliphatic carbocycles. The predicted molar refractivity (Wildman–Crippen MR) is 84.2 cm³/mol. The maximum absolute atomic E-state index is 13.7. The molecule has 0 fully saturated rings. The fourth-order valence-electron chi connectivity index (χ4n) is 2.75. The summed E-state index contributed by atoms with van der Waals surface area (Å²) in [5.74, 6) is -0.264. The molecule has 3 rings (SSSR count). The zero-order valence-electron chi connectivity index (χ0n) is 11.4. The van der Waals surface area contributed by atoms with Gasteiger partial charge in [0, 0.05) is 16.5 Å². The van der Waals surface area contributed by atoms with Crippen LogP contribution in [-0.2, 0) is 6.42 Å². The molecule has 0 saturated carbocycles. The van der Waals surface area contributed by atoms with Gasteiger partial charge in [0.1, 0.15) is 10.8 Å². The molecule has 2 aromatic rings. The molecule has 2 nitrogen and oxygen atoms in total. The van der Waals surface area contributed by atoms with Crippen LogP contribution in [0.4, 0.5) is 4.39 Å². The molecule has 1 aliphatic rings. The van der Waals surface area contributed by atoms with Crippen molar-refractivity contribution in [3.63, 3.8) is 0 Å². The third kappa shape index (κ3) is 2.54. The van der Waals surface area contributed by atoms with Gasteiger partial charge in [-0.3, -0.25) is 0 Å². The summed E-state index contributed by atoms with van der Waals surface area (Å²) in [4.78, 5) is 5.85. The Morgan fingerprint density at radius 3 is 2.90 bits per heavy atom. The predicted octanol–water partition coefficient (Wildman–Crippen LogP) is 4.68. The zero-order chi connectivity index (χ0) is 14.5. The van der Waals surface area contributed by atoms with Crippen molar-refractivity contribution in [3.05, 3.63) is 39.1 Å². The number of hydrogen-bond donors (Lipinski definition) is 1. The summed E-state index contributed by atoms with van der Waals surface area (Å²) in [5, 5.41) is 0.856. The van der Waals surface area contributed by atoms with E-state index in [1.54, 1.807) is 17.4 Å². The highest BCUT2D eigenvalue weighted by Gasteiger charge is 2.33. The topological polar surface area (TPSA) is 38.9 Å². The molecule has 1 unspecified atom stereocenters. The largest absolute Gasteiger partial charge is 0.323 e. The number of fused-ring (bicyclic) bond motifs is 1. The van der Waals surface area contributed by atoms with Crippen LogP contribution in [0.2, 0.25) is 0 Å². The van der Waals surface area contributed by atoms with Crippen LogP contribution in [-0.4, -0.2) is 4.98 Å². The highest BCUT2D eigenvalue weighted by molar-refractivity contribution is 9.10. The highest BCUT2D eigenvalue weighted by Crippen LogP contribution is 2.43. The fraction of sp³-hybridized carbons (Fsp3) is 0.400. The van der Waals surface area contributed by atoms with E-state index < -0.39 is 0 Å². The van der Waals surface area contributed by atoms with Crippen molar-refractivity contribution in [1.29, 1.82) is 0 Å². The molecule has 2 N–H and O–H groups in total. The number of aromatic nitrogens is 1. The van der Waals surface area contributed by atoms with Crippen LogP contribution < -0.4 is 5.73 Å². The van der Waals surface area contributed by atoms with E-state index in [-0.39, 0.29) is 17.3 Å². The van der Waals surface area contributed by atoms with Crippen LogP contribution in [0.15, 0.2) is 22.7 Å². The van der Waals surface area contributed by atoms with Gasteiger partial charge in [-0.1, -0.05) is 19.9 Å². The Labute approximate surface area is 130 Å². The summed E-state index contributed by atoms with van der Waals surface area (Å²) >= 11 is 4.77. The van der Waals surface area contributed by atoms with Crippen molar-refractivity contribution in [1.82, 2.24) is 4.98 Å². The third-order valence-corrected chi connectivity index (χ3v) is 5.57. The van der Waals surface area contributed by atoms with E-state index in [1.807, 2.05) is 6.07 Å². The lowest BCUT2D eigenvalue weighted by molar-refractivity contribution is 0.282. The van der Waals surface area contributed by atoms with E-state index in [0.29, 0.717) is 4.47 Å². The van der Waals surface area contributed by atoms with E-state index >= 15 is 0 Å². The molecule has 1 aromatic carbocycles. The van der Waals surface area contributed by atoms with Gasteiger partial charge in [-0.25, -0.2) is 9.37 Å². The van der Waals surface area contributed by atoms with E-state index in [2.05, 4.69) is 29.8 Å². The number of halogens is 2. The first kappa shape index (κ1) is 14.2. The summed E-state index contributed by atoms with van der Waals surface area (Å²) in [6.45, 7) is 4.43. The molecule has 0 aliphatic heterocycles. The average molecular weight is 355 g/mol. The molecular formula is C15H16BrFN2S. The van der Waals surface area contributed by atoms with Crippen LogP contribution in [0.5, 0.6) is 0 Å². The second-order valence-electron chi connectivity index (χ2n) is 6.11. The first-order valence-corrected chi connectivity index (χ1v) is 8.17. The van der Waals surface area contributed by atoms with Gasteiger partial charge in [0.15, 0.2) is 0 Å². The van der Waals surface area contributed by atoms with Gasteiger partial charge < -0.3 is 5.73 Å². The SMILES string of the molecule is CC1(C)Cc2nc(-c3ccc(Br)c(F)c3)sc2C(N)C1. The minimum Gasteiger partial charge on any atom is -0.323 e. The van der Waals surface area contributed by atoms with E-state index in [4.69, 9.17) is 10.7 Å².